The zero-order chi connectivity index (χ0) is 13.8. The topological polar surface area (TPSA) is 12.0 Å². The van der Waals surface area contributed by atoms with Crippen LogP contribution in [0.2, 0.25) is 0 Å². The van der Waals surface area contributed by atoms with E-state index >= 15 is 0 Å². The largest absolute Gasteiger partial charge is 0.378 e. The standard InChI is InChI=1S/C17H20IN/c1-4-14-5-7-15(8-6-14)13(3)19-17-10-9-16(18)11-12(17)2/h5-11,13,19H,4H2,1-3H3. The first-order chi connectivity index (χ1) is 9.10. The molecule has 2 aromatic rings. The van der Waals surface area contributed by atoms with Crippen molar-refractivity contribution in [3.8, 4) is 0 Å². The molecule has 0 aromatic heterocycles. The van der Waals surface area contributed by atoms with E-state index in [0.29, 0.717) is 6.04 Å². The molecule has 0 saturated heterocycles. The van der Waals surface area contributed by atoms with Crippen LogP contribution in [0.15, 0.2) is 42.5 Å². The van der Waals surface area contributed by atoms with Crippen LogP contribution in [-0.4, -0.2) is 0 Å². The van der Waals surface area contributed by atoms with Crippen LogP contribution in [0.5, 0.6) is 0 Å². The van der Waals surface area contributed by atoms with Crippen LogP contribution in [0.4, 0.5) is 5.69 Å². The molecule has 2 heteroatoms. The quantitative estimate of drug-likeness (QED) is 0.722. The Labute approximate surface area is 129 Å². The molecule has 100 valence electrons. The van der Waals surface area contributed by atoms with Gasteiger partial charge in [-0.2, -0.15) is 0 Å². The van der Waals surface area contributed by atoms with Gasteiger partial charge in [-0.05, 0) is 77.7 Å². The first kappa shape index (κ1) is 14.4. The molecule has 0 fully saturated rings. The highest BCUT2D eigenvalue weighted by Gasteiger charge is 2.07. The van der Waals surface area contributed by atoms with E-state index in [2.05, 4.69) is 91.1 Å². The van der Waals surface area contributed by atoms with Crippen molar-refractivity contribution in [3.63, 3.8) is 0 Å². The van der Waals surface area contributed by atoms with Gasteiger partial charge in [-0.1, -0.05) is 31.2 Å². The van der Waals surface area contributed by atoms with E-state index in [1.807, 2.05) is 0 Å². The first-order valence-electron chi connectivity index (χ1n) is 6.71. The fourth-order valence-electron chi connectivity index (χ4n) is 2.15. The Hall–Kier alpha value is -1.03. The Morgan fingerprint density at radius 3 is 2.37 bits per heavy atom. The molecule has 1 unspecified atom stereocenters. The van der Waals surface area contributed by atoms with E-state index in [9.17, 15) is 0 Å². The Bertz CT molecular complexity index is 546. The molecular weight excluding hydrogens is 345 g/mol. The van der Waals surface area contributed by atoms with E-state index < -0.39 is 0 Å². The molecule has 0 aliphatic heterocycles. The van der Waals surface area contributed by atoms with Gasteiger partial charge < -0.3 is 5.32 Å². The van der Waals surface area contributed by atoms with Gasteiger partial charge in [-0.15, -0.1) is 0 Å². The van der Waals surface area contributed by atoms with Crippen molar-refractivity contribution in [1.29, 1.82) is 0 Å². The fraction of sp³-hybridized carbons (Fsp3) is 0.294. The van der Waals surface area contributed by atoms with Crippen molar-refractivity contribution in [2.45, 2.75) is 33.2 Å². The van der Waals surface area contributed by atoms with Crippen LogP contribution < -0.4 is 5.32 Å². The van der Waals surface area contributed by atoms with Gasteiger partial charge in [0.05, 0.1) is 0 Å². The molecule has 0 heterocycles. The maximum Gasteiger partial charge on any atom is 0.0485 e. The number of benzene rings is 2. The van der Waals surface area contributed by atoms with Crippen molar-refractivity contribution in [3.05, 3.63) is 62.7 Å². The minimum Gasteiger partial charge on any atom is -0.378 e. The molecule has 0 radical (unpaired) electrons. The highest BCUT2D eigenvalue weighted by atomic mass is 127. The molecule has 0 bridgehead atoms. The summed E-state index contributed by atoms with van der Waals surface area (Å²) in [5.41, 5.74) is 5.23. The fourth-order valence-corrected chi connectivity index (χ4v) is 2.79. The van der Waals surface area contributed by atoms with Crippen molar-refractivity contribution >= 4 is 28.3 Å². The van der Waals surface area contributed by atoms with Gasteiger partial charge in [-0.3, -0.25) is 0 Å². The Balaban J connectivity index is 2.13. The van der Waals surface area contributed by atoms with E-state index in [1.54, 1.807) is 0 Å². The van der Waals surface area contributed by atoms with Crippen LogP contribution in [0.1, 0.15) is 36.6 Å². The lowest BCUT2D eigenvalue weighted by Crippen LogP contribution is -2.07. The molecule has 1 N–H and O–H groups in total. The number of rotatable bonds is 4. The average Bonchev–Trinajstić information content (AvgIpc) is 2.42. The maximum atomic E-state index is 3.59. The Morgan fingerprint density at radius 1 is 1.11 bits per heavy atom. The predicted octanol–water partition coefficient (Wildman–Crippen LogP) is 5.34. The highest BCUT2D eigenvalue weighted by Crippen LogP contribution is 2.23. The summed E-state index contributed by atoms with van der Waals surface area (Å²) < 4.78 is 1.28. The summed E-state index contributed by atoms with van der Waals surface area (Å²) in [6.45, 7) is 6.54. The summed E-state index contributed by atoms with van der Waals surface area (Å²) in [6, 6.07) is 15.7. The third kappa shape index (κ3) is 3.72. The van der Waals surface area contributed by atoms with E-state index in [0.717, 1.165) is 6.42 Å². The van der Waals surface area contributed by atoms with Crippen molar-refractivity contribution in [2.75, 3.05) is 5.32 Å². The molecule has 1 atom stereocenters. The molecule has 0 aliphatic rings. The van der Waals surface area contributed by atoms with E-state index in [4.69, 9.17) is 0 Å². The van der Waals surface area contributed by atoms with Crippen LogP contribution in [0.3, 0.4) is 0 Å². The minimum absolute atomic E-state index is 0.324. The first-order valence-corrected chi connectivity index (χ1v) is 7.79. The van der Waals surface area contributed by atoms with Crippen molar-refractivity contribution < 1.29 is 0 Å². The Kier molecular flexibility index (Phi) is 4.86. The molecule has 0 amide bonds. The van der Waals surface area contributed by atoms with E-state index in [1.165, 1.54) is 25.9 Å². The molecule has 1 nitrogen and oxygen atoms in total. The molecule has 2 rings (SSSR count). The second-order valence-electron chi connectivity index (χ2n) is 4.92. The SMILES string of the molecule is CCc1ccc(C(C)Nc2ccc(I)cc2C)cc1. The second kappa shape index (κ2) is 6.42. The summed E-state index contributed by atoms with van der Waals surface area (Å²) >= 11 is 2.35. The summed E-state index contributed by atoms with van der Waals surface area (Å²) in [4.78, 5) is 0. The lowest BCUT2D eigenvalue weighted by Gasteiger charge is -2.18. The molecular formula is C17H20IN. The summed E-state index contributed by atoms with van der Waals surface area (Å²) in [7, 11) is 0. The highest BCUT2D eigenvalue weighted by molar-refractivity contribution is 14.1. The number of aryl methyl sites for hydroxylation is 2. The lowest BCUT2D eigenvalue weighted by atomic mass is 10.0. The predicted molar refractivity (Wildman–Crippen MR) is 91.8 cm³/mol. The number of halogens is 1. The van der Waals surface area contributed by atoms with Crippen LogP contribution in [-0.2, 0) is 6.42 Å². The second-order valence-corrected chi connectivity index (χ2v) is 6.17. The number of anilines is 1. The molecule has 0 spiro atoms. The van der Waals surface area contributed by atoms with Gasteiger partial charge in [-0.25, -0.2) is 0 Å². The van der Waals surface area contributed by atoms with Crippen LogP contribution in [0.25, 0.3) is 0 Å². The third-order valence-electron chi connectivity index (χ3n) is 3.45. The van der Waals surface area contributed by atoms with Gasteiger partial charge >= 0.3 is 0 Å². The lowest BCUT2D eigenvalue weighted by molar-refractivity contribution is 0.880. The van der Waals surface area contributed by atoms with Gasteiger partial charge in [0.15, 0.2) is 0 Å². The minimum atomic E-state index is 0.324. The zero-order valence-electron chi connectivity index (χ0n) is 11.7. The third-order valence-corrected chi connectivity index (χ3v) is 4.12. The molecule has 0 saturated carbocycles. The number of hydrogen-bond donors (Lipinski definition) is 1. The van der Waals surface area contributed by atoms with Gasteiger partial charge in [0.25, 0.3) is 0 Å². The molecule has 19 heavy (non-hydrogen) atoms. The number of nitrogens with one attached hydrogen (secondary N) is 1. The van der Waals surface area contributed by atoms with Crippen LogP contribution >= 0.6 is 22.6 Å². The summed E-state index contributed by atoms with van der Waals surface area (Å²) in [5.74, 6) is 0. The van der Waals surface area contributed by atoms with Gasteiger partial charge in [0.2, 0.25) is 0 Å². The molecule has 0 aliphatic carbocycles. The van der Waals surface area contributed by atoms with Crippen LogP contribution in [0, 0.1) is 10.5 Å². The van der Waals surface area contributed by atoms with Crippen molar-refractivity contribution in [1.82, 2.24) is 0 Å². The van der Waals surface area contributed by atoms with Crippen molar-refractivity contribution in [2.24, 2.45) is 0 Å². The maximum absolute atomic E-state index is 3.59. The summed E-state index contributed by atoms with van der Waals surface area (Å²) in [6.07, 6.45) is 1.10. The zero-order valence-corrected chi connectivity index (χ0v) is 13.9. The average molecular weight is 365 g/mol. The number of hydrogen-bond acceptors (Lipinski definition) is 1. The summed E-state index contributed by atoms with van der Waals surface area (Å²) in [5, 5.41) is 3.59. The van der Waals surface area contributed by atoms with Gasteiger partial charge in [0.1, 0.15) is 0 Å². The van der Waals surface area contributed by atoms with Gasteiger partial charge in [0, 0.05) is 15.3 Å². The molecule has 2 aromatic carbocycles. The van der Waals surface area contributed by atoms with E-state index in [-0.39, 0.29) is 0 Å². The monoisotopic (exact) mass is 365 g/mol. The normalized spacial score (nSPS) is 12.2. The smallest absolute Gasteiger partial charge is 0.0485 e. The Morgan fingerprint density at radius 2 is 1.79 bits per heavy atom.